The van der Waals surface area contributed by atoms with Crippen LogP contribution < -0.4 is 4.73 Å². The molecule has 118 valence electrons. The molecule has 0 unspecified atom stereocenters. The normalized spacial score (nSPS) is 11.7. The van der Waals surface area contributed by atoms with Gasteiger partial charge in [-0.25, -0.2) is 13.9 Å². The molecule has 2 aromatic rings. The Kier molecular flexibility index (Phi) is 3.90. The Morgan fingerprint density at radius 1 is 1.45 bits per heavy atom. The number of carbonyl (C=O) groups excluding carboxylic acids is 1. The van der Waals surface area contributed by atoms with E-state index in [1.807, 2.05) is 0 Å². The summed E-state index contributed by atoms with van der Waals surface area (Å²) in [6.07, 6.45) is -4.45. The number of halogens is 4. The summed E-state index contributed by atoms with van der Waals surface area (Å²) >= 11 is 0. The average Bonchev–Trinajstić information content (AvgIpc) is 2.41. The van der Waals surface area contributed by atoms with Gasteiger partial charge in [-0.2, -0.15) is 13.2 Å². The minimum atomic E-state index is -5.10. The van der Waals surface area contributed by atoms with E-state index in [-0.39, 0.29) is 17.6 Å². The number of fused-ring (bicyclic) bond motifs is 1. The van der Waals surface area contributed by atoms with Gasteiger partial charge in [0.05, 0.1) is 12.0 Å². The third kappa shape index (κ3) is 2.53. The van der Waals surface area contributed by atoms with Crippen molar-refractivity contribution < 1.29 is 31.8 Å². The first-order chi connectivity index (χ1) is 10.2. The summed E-state index contributed by atoms with van der Waals surface area (Å²) in [4.78, 5) is 15.1. The zero-order valence-corrected chi connectivity index (χ0v) is 11.5. The molecule has 0 saturated carbocycles. The first-order valence-electron chi connectivity index (χ1n) is 6.14. The maximum atomic E-state index is 13.5. The molecule has 0 atom stereocenters. The van der Waals surface area contributed by atoms with E-state index in [1.54, 1.807) is 0 Å². The number of hydrogen-bond donors (Lipinski definition) is 0. The Morgan fingerprint density at radius 3 is 2.64 bits per heavy atom. The van der Waals surface area contributed by atoms with Crippen molar-refractivity contribution in [3.63, 3.8) is 0 Å². The van der Waals surface area contributed by atoms with E-state index in [4.69, 9.17) is 0 Å². The van der Waals surface area contributed by atoms with Crippen molar-refractivity contribution in [1.29, 1.82) is 0 Å². The molecule has 0 aliphatic carbocycles. The zero-order chi connectivity index (χ0) is 16.7. The molecule has 0 radical (unpaired) electrons. The molecule has 2 heterocycles. The van der Waals surface area contributed by atoms with Crippen LogP contribution in [0.2, 0.25) is 0 Å². The second kappa shape index (κ2) is 5.39. The van der Waals surface area contributed by atoms with Crippen molar-refractivity contribution >= 4 is 17.0 Å². The molecule has 0 saturated heterocycles. The largest absolute Gasteiger partial charge is 0.710 e. The summed E-state index contributed by atoms with van der Waals surface area (Å²) < 4.78 is 56.8. The zero-order valence-electron chi connectivity index (χ0n) is 11.5. The smallest absolute Gasteiger partial charge is 0.454 e. The van der Waals surface area contributed by atoms with Gasteiger partial charge in [0.15, 0.2) is 12.0 Å². The van der Waals surface area contributed by atoms with Gasteiger partial charge in [0.25, 0.3) is 0 Å². The lowest BCUT2D eigenvalue weighted by atomic mass is 10.1. The number of hydrogen-bond acceptors (Lipinski definition) is 4. The number of esters is 1. The van der Waals surface area contributed by atoms with Crippen LogP contribution in [0, 0.1) is 17.9 Å². The van der Waals surface area contributed by atoms with Gasteiger partial charge in [-0.05, 0) is 24.9 Å². The number of aryl methyl sites for hydroxylation is 1. The van der Waals surface area contributed by atoms with E-state index < -0.39 is 39.6 Å². The van der Waals surface area contributed by atoms with E-state index >= 15 is 0 Å². The lowest BCUT2D eigenvalue weighted by Gasteiger charge is -2.17. The SMILES string of the molecule is CCOC(=O)c1cc2c(C)c(F)cnc2[n+]([O-])c1C(F)(F)F. The summed E-state index contributed by atoms with van der Waals surface area (Å²) in [6, 6.07) is 0.774. The number of aromatic nitrogens is 2. The number of pyridine rings is 2. The maximum absolute atomic E-state index is 13.5. The molecule has 0 aromatic carbocycles. The van der Waals surface area contributed by atoms with Crippen LogP contribution in [0.25, 0.3) is 11.0 Å². The van der Waals surface area contributed by atoms with Crippen molar-refractivity contribution in [1.82, 2.24) is 4.98 Å². The highest BCUT2D eigenvalue weighted by Crippen LogP contribution is 2.32. The first kappa shape index (κ1) is 15.9. The fraction of sp³-hybridized carbons (Fsp3) is 0.308. The highest BCUT2D eigenvalue weighted by atomic mass is 19.4. The molecule has 0 aliphatic heterocycles. The quantitative estimate of drug-likeness (QED) is 0.369. The number of rotatable bonds is 2. The van der Waals surface area contributed by atoms with Gasteiger partial charge in [-0.3, -0.25) is 0 Å². The number of carbonyl (C=O) groups is 1. The predicted octanol–water partition coefficient (Wildman–Crippen LogP) is 2.51. The number of ether oxygens (including phenoxy) is 1. The third-order valence-electron chi connectivity index (χ3n) is 3.01. The first-order valence-corrected chi connectivity index (χ1v) is 6.14. The Morgan fingerprint density at radius 2 is 2.09 bits per heavy atom. The van der Waals surface area contributed by atoms with Crippen LogP contribution in [0.5, 0.6) is 0 Å². The third-order valence-corrected chi connectivity index (χ3v) is 3.01. The minimum Gasteiger partial charge on any atom is -0.710 e. The number of alkyl halides is 3. The Labute approximate surface area is 121 Å². The van der Waals surface area contributed by atoms with E-state index in [0.29, 0.717) is 6.20 Å². The topological polar surface area (TPSA) is 66.1 Å². The van der Waals surface area contributed by atoms with Gasteiger partial charge in [-0.1, -0.05) is 0 Å². The summed E-state index contributed by atoms with van der Waals surface area (Å²) in [5.41, 5.74) is -3.43. The van der Waals surface area contributed by atoms with Crippen LogP contribution in [-0.2, 0) is 10.9 Å². The van der Waals surface area contributed by atoms with Gasteiger partial charge in [0.1, 0.15) is 5.56 Å². The fourth-order valence-corrected chi connectivity index (χ4v) is 1.98. The van der Waals surface area contributed by atoms with E-state index in [9.17, 15) is 27.6 Å². The van der Waals surface area contributed by atoms with Crippen LogP contribution in [-0.4, -0.2) is 17.6 Å². The molecule has 0 bridgehead atoms. The highest BCUT2D eigenvalue weighted by Gasteiger charge is 2.43. The van der Waals surface area contributed by atoms with Crippen LogP contribution in [0.1, 0.15) is 28.5 Å². The van der Waals surface area contributed by atoms with Gasteiger partial charge in [-0.15, -0.1) is 0 Å². The van der Waals surface area contributed by atoms with Crippen LogP contribution in [0.4, 0.5) is 17.6 Å². The summed E-state index contributed by atoms with van der Waals surface area (Å²) in [6.45, 7) is 2.50. The van der Waals surface area contributed by atoms with Gasteiger partial charge >= 0.3 is 17.8 Å². The molecule has 0 aliphatic rings. The number of nitrogens with zero attached hydrogens (tertiary/aromatic N) is 2. The molecule has 0 amide bonds. The second-order valence-electron chi connectivity index (χ2n) is 4.39. The molecule has 9 heteroatoms. The highest BCUT2D eigenvalue weighted by molar-refractivity contribution is 5.94. The van der Waals surface area contributed by atoms with E-state index in [0.717, 1.165) is 6.07 Å². The van der Waals surface area contributed by atoms with Crippen molar-refractivity contribution in [3.8, 4) is 0 Å². The molecular weight excluding hydrogens is 308 g/mol. The molecule has 0 N–H and O–H groups in total. The van der Waals surface area contributed by atoms with Gasteiger partial charge in [0, 0.05) is 5.56 Å². The summed E-state index contributed by atoms with van der Waals surface area (Å²) in [5.74, 6) is -2.12. The van der Waals surface area contributed by atoms with Crippen molar-refractivity contribution in [2.24, 2.45) is 0 Å². The van der Waals surface area contributed by atoms with Crippen molar-refractivity contribution in [3.05, 3.63) is 40.1 Å². The monoisotopic (exact) mass is 318 g/mol. The standard InChI is InChI=1S/C13H10F4N2O3/c1-3-22-12(20)8-4-7-6(2)9(14)5-18-11(7)19(21)10(8)13(15,16)17/h4-5H,3H2,1-2H3. The minimum absolute atomic E-state index is 0.0890. The van der Waals surface area contributed by atoms with Crippen LogP contribution in [0.3, 0.4) is 0 Å². The van der Waals surface area contributed by atoms with Crippen molar-refractivity contribution in [2.75, 3.05) is 6.61 Å². The second-order valence-corrected chi connectivity index (χ2v) is 4.39. The van der Waals surface area contributed by atoms with Crippen LogP contribution in [0.15, 0.2) is 12.3 Å². The predicted molar refractivity (Wildman–Crippen MR) is 66.4 cm³/mol. The van der Waals surface area contributed by atoms with E-state index in [1.165, 1.54) is 13.8 Å². The lowest BCUT2D eigenvalue weighted by molar-refractivity contribution is -0.605. The fourth-order valence-electron chi connectivity index (χ4n) is 1.98. The molecular formula is C13H10F4N2O3. The van der Waals surface area contributed by atoms with Gasteiger partial charge in [0.2, 0.25) is 5.69 Å². The Bertz CT molecular complexity index is 759. The Balaban J connectivity index is 2.91. The average molecular weight is 318 g/mol. The summed E-state index contributed by atoms with van der Waals surface area (Å²) in [5, 5.41) is 11.8. The lowest BCUT2D eigenvalue weighted by Crippen LogP contribution is -2.41. The molecule has 2 rings (SSSR count). The molecule has 22 heavy (non-hydrogen) atoms. The van der Waals surface area contributed by atoms with Gasteiger partial charge < -0.3 is 9.94 Å². The Hall–Kier alpha value is -2.45. The molecule has 0 spiro atoms. The van der Waals surface area contributed by atoms with Crippen molar-refractivity contribution in [2.45, 2.75) is 20.0 Å². The van der Waals surface area contributed by atoms with Crippen LogP contribution >= 0.6 is 0 Å². The molecule has 5 nitrogen and oxygen atoms in total. The molecule has 0 fully saturated rings. The maximum Gasteiger partial charge on any atom is 0.454 e. The summed E-state index contributed by atoms with van der Waals surface area (Å²) in [7, 11) is 0. The van der Waals surface area contributed by atoms with E-state index in [2.05, 4.69) is 9.72 Å². The molecule has 2 aromatic heterocycles.